The molecule has 1 aromatic carbocycles. The van der Waals surface area contributed by atoms with Crippen LogP contribution >= 0.6 is 0 Å². The van der Waals surface area contributed by atoms with Crippen LogP contribution in [0.2, 0.25) is 0 Å². The Kier molecular flexibility index (Phi) is 2.81. The van der Waals surface area contributed by atoms with E-state index in [0.29, 0.717) is 17.5 Å². The fourth-order valence-electron chi connectivity index (χ4n) is 1.33. The molecule has 0 aliphatic rings. The first kappa shape index (κ1) is 9.90. The molecule has 0 radical (unpaired) electrons. The highest BCUT2D eigenvalue weighted by Crippen LogP contribution is 2.21. The van der Waals surface area contributed by atoms with Crippen molar-refractivity contribution in [3.63, 3.8) is 0 Å². The highest BCUT2D eigenvalue weighted by atomic mass is 19.1. The monoisotopic (exact) mass is 182 g/mol. The number of hydrogen-bond acceptors (Lipinski definition) is 0. The molecule has 0 nitrogen and oxygen atoms in total. The van der Waals surface area contributed by atoms with E-state index in [0.717, 1.165) is 0 Å². The number of benzene rings is 1. The van der Waals surface area contributed by atoms with Crippen LogP contribution < -0.4 is 0 Å². The topological polar surface area (TPSA) is 0 Å². The first-order valence-corrected chi connectivity index (χ1v) is 4.21. The van der Waals surface area contributed by atoms with Crippen molar-refractivity contribution in [2.24, 2.45) is 0 Å². The minimum absolute atomic E-state index is 0.148. The molecule has 1 rings (SSSR count). The Morgan fingerprint density at radius 3 is 2.46 bits per heavy atom. The molecule has 0 amide bonds. The van der Waals surface area contributed by atoms with Crippen LogP contribution in [0.1, 0.15) is 23.6 Å². The Bertz CT molecular complexity index is 340. The van der Waals surface area contributed by atoms with Crippen molar-refractivity contribution in [3.05, 3.63) is 41.0 Å². The highest BCUT2D eigenvalue weighted by Gasteiger charge is 2.12. The molecule has 0 spiro atoms. The van der Waals surface area contributed by atoms with Crippen molar-refractivity contribution >= 4 is 6.08 Å². The summed E-state index contributed by atoms with van der Waals surface area (Å²) >= 11 is 0. The van der Waals surface area contributed by atoms with Crippen LogP contribution in [-0.4, -0.2) is 0 Å². The zero-order valence-electron chi connectivity index (χ0n) is 7.82. The second-order valence-corrected chi connectivity index (χ2v) is 2.95. The Balaban J connectivity index is 3.47. The third-order valence-electron chi connectivity index (χ3n) is 2.08. The number of rotatable bonds is 2. The van der Waals surface area contributed by atoms with Crippen LogP contribution in [0.4, 0.5) is 8.78 Å². The van der Waals surface area contributed by atoms with Gasteiger partial charge >= 0.3 is 0 Å². The largest absolute Gasteiger partial charge is 0.206 e. The van der Waals surface area contributed by atoms with Gasteiger partial charge in [-0.3, -0.25) is 0 Å². The molecule has 0 atom stereocenters. The third-order valence-corrected chi connectivity index (χ3v) is 2.08. The maximum absolute atomic E-state index is 13.4. The lowest BCUT2D eigenvalue weighted by Crippen LogP contribution is -1.99. The van der Waals surface area contributed by atoms with Crippen LogP contribution in [-0.2, 0) is 6.42 Å². The van der Waals surface area contributed by atoms with Gasteiger partial charge in [-0.25, -0.2) is 8.78 Å². The van der Waals surface area contributed by atoms with Gasteiger partial charge in [-0.1, -0.05) is 19.6 Å². The van der Waals surface area contributed by atoms with E-state index in [2.05, 4.69) is 6.58 Å². The van der Waals surface area contributed by atoms with Crippen molar-refractivity contribution in [2.45, 2.75) is 20.3 Å². The molecule has 0 bridgehead atoms. The molecule has 0 N–H and O–H groups in total. The van der Waals surface area contributed by atoms with Gasteiger partial charge in [0.25, 0.3) is 0 Å². The average Bonchev–Trinajstić information content (AvgIpc) is 2.12. The first-order chi connectivity index (χ1) is 6.11. The molecule has 0 saturated carbocycles. The quantitative estimate of drug-likeness (QED) is 0.656. The molecule has 0 aromatic heterocycles. The molecule has 0 heterocycles. The number of aryl methyl sites for hydroxylation is 1. The van der Waals surface area contributed by atoms with Crippen molar-refractivity contribution in [2.75, 3.05) is 0 Å². The fourth-order valence-corrected chi connectivity index (χ4v) is 1.33. The van der Waals surface area contributed by atoms with E-state index >= 15 is 0 Å². The van der Waals surface area contributed by atoms with E-state index in [4.69, 9.17) is 0 Å². The van der Waals surface area contributed by atoms with Crippen molar-refractivity contribution < 1.29 is 8.78 Å². The Morgan fingerprint density at radius 1 is 1.38 bits per heavy atom. The molecule has 0 aliphatic carbocycles. The minimum atomic E-state index is -0.486. The lowest BCUT2D eigenvalue weighted by atomic mass is 10.0. The predicted octanol–water partition coefficient (Wildman–Crippen LogP) is 3.48. The summed E-state index contributed by atoms with van der Waals surface area (Å²) in [6, 6.07) is 1.47. The third kappa shape index (κ3) is 1.62. The summed E-state index contributed by atoms with van der Waals surface area (Å²) in [7, 11) is 0. The highest BCUT2D eigenvalue weighted by molar-refractivity contribution is 5.51. The van der Waals surface area contributed by atoms with E-state index in [1.54, 1.807) is 13.8 Å². The Hall–Kier alpha value is -1.18. The van der Waals surface area contributed by atoms with Gasteiger partial charge in [-0.15, -0.1) is 0 Å². The molecule has 70 valence electrons. The fraction of sp³-hybridized carbons (Fsp3) is 0.273. The first-order valence-electron chi connectivity index (χ1n) is 4.21. The summed E-state index contributed by atoms with van der Waals surface area (Å²) < 4.78 is 26.7. The Labute approximate surface area is 76.9 Å². The molecule has 1 aromatic rings. The van der Waals surface area contributed by atoms with Crippen molar-refractivity contribution in [1.82, 2.24) is 0 Å². The molecular formula is C11H12F2. The summed E-state index contributed by atoms with van der Waals surface area (Å²) in [6.07, 6.45) is 1.76. The van der Waals surface area contributed by atoms with E-state index in [1.807, 2.05) is 0 Å². The summed E-state index contributed by atoms with van der Waals surface area (Å²) in [6.45, 7) is 6.83. The van der Waals surface area contributed by atoms with Gasteiger partial charge in [0.1, 0.15) is 11.6 Å². The van der Waals surface area contributed by atoms with Crippen LogP contribution in [0, 0.1) is 18.6 Å². The van der Waals surface area contributed by atoms with E-state index < -0.39 is 11.6 Å². The number of hydrogen-bond donors (Lipinski definition) is 0. The molecule has 0 unspecified atom stereocenters. The van der Waals surface area contributed by atoms with E-state index in [-0.39, 0.29) is 5.56 Å². The van der Waals surface area contributed by atoms with Crippen LogP contribution in [0.3, 0.4) is 0 Å². The zero-order valence-corrected chi connectivity index (χ0v) is 7.82. The second-order valence-electron chi connectivity index (χ2n) is 2.95. The van der Waals surface area contributed by atoms with Gasteiger partial charge < -0.3 is 0 Å². The summed E-state index contributed by atoms with van der Waals surface area (Å²) in [5, 5.41) is 0. The number of halogens is 2. The van der Waals surface area contributed by atoms with E-state index in [9.17, 15) is 8.78 Å². The van der Waals surface area contributed by atoms with Gasteiger partial charge in [0, 0.05) is 11.1 Å². The van der Waals surface area contributed by atoms with Gasteiger partial charge in [-0.2, -0.15) is 0 Å². The van der Waals surface area contributed by atoms with Gasteiger partial charge in [0.15, 0.2) is 0 Å². The normalized spacial score (nSPS) is 10.2. The second kappa shape index (κ2) is 3.69. The molecular weight excluding hydrogens is 170 g/mol. The molecule has 13 heavy (non-hydrogen) atoms. The predicted molar refractivity (Wildman–Crippen MR) is 50.6 cm³/mol. The lowest BCUT2D eigenvalue weighted by Gasteiger charge is -2.07. The SMILES string of the molecule is C=Cc1cc(C)c(F)c(CC)c1F. The lowest BCUT2D eigenvalue weighted by molar-refractivity contribution is 0.552. The smallest absolute Gasteiger partial charge is 0.136 e. The van der Waals surface area contributed by atoms with Crippen LogP contribution in [0.5, 0.6) is 0 Å². The molecule has 0 saturated heterocycles. The van der Waals surface area contributed by atoms with E-state index in [1.165, 1.54) is 12.1 Å². The van der Waals surface area contributed by atoms with Gasteiger partial charge in [-0.05, 0) is 25.0 Å². The molecule has 2 heteroatoms. The van der Waals surface area contributed by atoms with Crippen LogP contribution in [0.15, 0.2) is 12.6 Å². The zero-order chi connectivity index (χ0) is 10.0. The maximum atomic E-state index is 13.4. The van der Waals surface area contributed by atoms with Crippen molar-refractivity contribution in [1.29, 1.82) is 0 Å². The van der Waals surface area contributed by atoms with Crippen LogP contribution in [0.25, 0.3) is 6.08 Å². The van der Waals surface area contributed by atoms with Crippen molar-refractivity contribution in [3.8, 4) is 0 Å². The minimum Gasteiger partial charge on any atom is -0.206 e. The maximum Gasteiger partial charge on any atom is 0.136 e. The standard InChI is InChI=1S/C11H12F2/c1-4-8-6-7(3)10(12)9(5-2)11(8)13/h4,6H,1,5H2,2-3H3. The Morgan fingerprint density at radius 2 is 2.00 bits per heavy atom. The average molecular weight is 182 g/mol. The summed E-state index contributed by atoms with van der Waals surface area (Å²) in [5.41, 5.74) is 0.985. The molecule has 0 fully saturated rings. The van der Waals surface area contributed by atoms with Gasteiger partial charge in [0.2, 0.25) is 0 Å². The summed E-state index contributed by atoms with van der Waals surface area (Å²) in [5.74, 6) is -0.925. The summed E-state index contributed by atoms with van der Waals surface area (Å²) in [4.78, 5) is 0. The molecule has 0 aliphatic heterocycles. The van der Waals surface area contributed by atoms with Gasteiger partial charge in [0.05, 0.1) is 0 Å².